The van der Waals surface area contributed by atoms with Crippen LogP contribution < -0.4 is 4.90 Å². The molecule has 2 rings (SSSR count). The summed E-state index contributed by atoms with van der Waals surface area (Å²) >= 11 is 0. The minimum atomic E-state index is 0.0155. The molecule has 0 amide bonds. The van der Waals surface area contributed by atoms with Gasteiger partial charge in [0.1, 0.15) is 0 Å². The largest absolute Gasteiger partial charge is 0.390 e. The van der Waals surface area contributed by atoms with Crippen LogP contribution in [-0.2, 0) is 6.61 Å². The molecule has 1 aromatic heterocycles. The smallest absolute Gasteiger partial charge is 0.0853 e. The van der Waals surface area contributed by atoms with Crippen molar-refractivity contribution in [3.8, 4) is 0 Å². The molecule has 0 aromatic carbocycles. The van der Waals surface area contributed by atoms with E-state index in [1.807, 2.05) is 12.1 Å². The second-order valence-corrected chi connectivity index (χ2v) is 4.31. The van der Waals surface area contributed by atoms with Gasteiger partial charge in [0.05, 0.1) is 12.3 Å². The Morgan fingerprint density at radius 3 is 3.00 bits per heavy atom. The Morgan fingerprint density at radius 1 is 1.31 bits per heavy atom. The number of rotatable bonds is 2. The van der Waals surface area contributed by atoms with Crippen molar-refractivity contribution in [1.29, 1.82) is 0 Å². The summed E-state index contributed by atoms with van der Waals surface area (Å²) in [5.74, 6) is 0. The number of aliphatic hydroxyl groups excluding tert-OH is 1. The topological polar surface area (TPSA) is 39.6 Å². The van der Waals surface area contributed by atoms with Crippen molar-refractivity contribution >= 4 is 5.69 Å². The van der Waals surface area contributed by atoms with Gasteiger partial charge in [-0.15, -0.1) is 0 Å². The molecule has 1 aliphatic rings. The lowest BCUT2D eigenvalue weighted by atomic mass is 10.3. The van der Waals surface area contributed by atoms with Crippen LogP contribution in [0.2, 0.25) is 0 Å². The predicted octanol–water partition coefficient (Wildman–Crippen LogP) is 0.716. The number of nitrogens with zero attached hydrogens (tertiary/aromatic N) is 3. The lowest BCUT2D eigenvalue weighted by Gasteiger charge is -2.22. The van der Waals surface area contributed by atoms with Crippen molar-refractivity contribution in [2.24, 2.45) is 0 Å². The fourth-order valence-electron chi connectivity index (χ4n) is 2.05. The van der Waals surface area contributed by atoms with Crippen molar-refractivity contribution in [2.75, 3.05) is 38.1 Å². The van der Waals surface area contributed by atoms with Crippen LogP contribution >= 0.6 is 0 Å². The number of hydrogen-bond donors (Lipinski definition) is 1. The molecule has 4 heteroatoms. The van der Waals surface area contributed by atoms with E-state index < -0.39 is 0 Å². The average molecular weight is 221 g/mol. The van der Waals surface area contributed by atoms with Crippen LogP contribution in [0.25, 0.3) is 0 Å². The predicted molar refractivity (Wildman–Crippen MR) is 64.5 cm³/mol. The first-order valence-electron chi connectivity index (χ1n) is 5.79. The molecule has 0 spiro atoms. The van der Waals surface area contributed by atoms with Crippen LogP contribution in [0.3, 0.4) is 0 Å². The van der Waals surface area contributed by atoms with Crippen molar-refractivity contribution in [2.45, 2.75) is 13.0 Å². The third-order valence-electron chi connectivity index (χ3n) is 3.05. The van der Waals surface area contributed by atoms with Gasteiger partial charge >= 0.3 is 0 Å². The van der Waals surface area contributed by atoms with E-state index in [9.17, 15) is 0 Å². The maximum absolute atomic E-state index is 9.07. The van der Waals surface area contributed by atoms with Crippen molar-refractivity contribution < 1.29 is 5.11 Å². The Balaban J connectivity index is 2.10. The Hall–Kier alpha value is -1.13. The second kappa shape index (κ2) is 5.27. The van der Waals surface area contributed by atoms with Gasteiger partial charge in [-0.25, -0.2) is 0 Å². The highest BCUT2D eigenvalue weighted by molar-refractivity contribution is 5.46. The van der Waals surface area contributed by atoms with Crippen molar-refractivity contribution in [1.82, 2.24) is 9.88 Å². The molecule has 1 N–H and O–H groups in total. The van der Waals surface area contributed by atoms with E-state index in [0.717, 1.165) is 31.9 Å². The summed E-state index contributed by atoms with van der Waals surface area (Å²) in [4.78, 5) is 8.82. The standard InChI is InChI=1S/C12H19N3O/c1-14-5-2-6-15(8-7-14)12-3-4-13-11(9-12)10-16/h3-4,9,16H,2,5-8,10H2,1H3. The molecule has 1 aromatic rings. The molecule has 0 bridgehead atoms. The highest BCUT2D eigenvalue weighted by atomic mass is 16.3. The quantitative estimate of drug-likeness (QED) is 0.798. The Morgan fingerprint density at radius 2 is 2.19 bits per heavy atom. The first-order valence-corrected chi connectivity index (χ1v) is 5.79. The van der Waals surface area contributed by atoms with Gasteiger partial charge in [0.15, 0.2) is 0 Å². The van der Waals surface area contributed by atoms with Crippen LogP contribution in [0.5, 0.6) is 0 Å². The SMILES string of the molecule is CN1CCCN(c2ccnc(CO)c2)CC1. The third kappa shape index (κ3) is 2.71. The van der Waals surface area contributed by atoms with E-state index >= 15 is 0 Å². The Labute approximate surface area is 96.5 Å². The number of anilines is 1. The van der Waals surface area contributed by atoms with E-state index in [2.05, 4.69) is 21.8 Å². The zero-order chi connectivity index (χ0) is 11.4. The van der Waals surface area contributed by atoms with E-state index in [-0.39, 0.29) is 6.61 Å². The van der Waals surface area contributed by atoms with Crippen molar-refractivity contribution in [3.05, 3.63) is 24.0 Å². The molecule has 2 heterocycles. The minimum absolute atomic E-state index is 0.0155. The summed E-state index contributed by atoms with van der Waals surface area (Å²) in [6, 6.07) is 4.00. The average Bonchev–Trinajstić information content (AvgIpc) is 2.54. The summed E-state index contributed by atoms with van der Waals surface area (Å²) in [6.07, 6.45) is 2.96. The molecule has 0 unspecified atom stereocenters. The van der Waals surface area contributed by atoms with Gasteiger partial charge in [0, 0.05) is 31.5 Å². The zero-order valence-electron chi connectivity index (χ0n) is 9.76. The maximum atomic E-state index is 9.07. The summed E-state index contributed by atoms with van der Waals surface area (Å²) in [6.45, 7) is 4.40. The van der Waals surface area contributed by atoms with Crippen molar-refractivity contribution in [3.63, 3.8) is 0 Å². The highest BCUT2D eigenvalue weighted by Crippen LogP contribution is 2.16. The molecule has 0 aliphatic carbocycles. The lowest BCUT2D eigenvalue weighted by Crippen LogP contribution is -2.28. The number of likely N-dealkylation sites (N-methyl/N-ethyl adjacent to an activating group) is 1. The Bertz CT molecular complexity index is 343. The molecule has 0 radical (unpaired) electrons. The van der Waals surface area contributed by atoms with E-state index in [1.165, 1.54) is 12.1 Å². The highest BCUT2D eigenvalue weighted by Gasteiger charge is 2.12. The van der Waals surface area contributed by atoms with Gasteiger partial charge < -0.3 is 14.9 Å². The Kier molecular flexibility index (Phi) is 3.74. The van der Waals surface area contributed by atoms with Gasteiger partial charge in [-0.2, -0.15) is 0 Å². The van der Waals surface area contributed by atoms with Crippen LogP contribution in [0.4, 0.5) is 5.69 Å². The van der Waals surface area contributed by atoms with Crippen LogP contribution in [0.1, 0.15) is 12.1 Å². The van der Waals surface area contributed by atoms with E-state index in [1.54, 1.807) is 6.20 Å². The maximum Gasteiger partial charge on any atom is 0.0853 e. The normalized spacial score (nSPS) is 18.5. The van der Waals surface area contributed by atoms with Gasteiger partial charge in [0.25, 0.3) is 0 Å². The molecule has 16 heavy (non-hydrogen) atoms. The first-order chi connectivity index (χ1) is 7.79. The summed E-state index contributed by atoms with van der Waals surface area (Å²) in [5.41, 5.74) is 1.92. The fraction of sp³-hybridized carbons (Fsp3) is 0.583. The molecule has 1 aliphatic heterocycles. The minimum Gasteiger partial charge on any atom is -0.390 e. The molecule has 0 saturated carbocycles. The summed E-state index contributed by atoms with van der Waals surface area (Å²) in [7, 11) is 2.16. The van der Waals surface area contributed by atoms with Gasteiger partial charge in [-0.05, 0) is 32.1 Å². The van der Waals surface area contributed by atoms with E-state index in [4.69, 9.17) is 5.11 Å². The third-order valence-corrected chi connectivity index (χ3v) is 3.05. The molecule has 1 saturated heterocycles. The monoisotopic (exact) mass is 221 g/mol. The molecule has 88 valence electrons. The second-order valence-electron chi connectivity index (χ2n) is 4.31. The van der Waals surface area contributed by atoms with Gasteiger partial charge in [-0.1, -0.05) is 0 Å². The zero-order valence-corrected chi connectivity index (χ0v) is 9.76. The summed E-state index contributed by atoms with van der Waals surface area (Å²) in [5, 5.41) is 9.07. The molecule has 0 atom stereocenters. The summed E-state index contributed by atoms with van der Waals surface area (Å²) < 4.78 is 0. The van der Waals surface area contributed by atoms with Crippen LogP contribution in [0, 0.1) is 0 Å². The number of hydrogen-bond acceptors (Lipinski definition) is 4. The van der Waals surface area contributed by atoms with Gasteiger partial charge in [0.2, 0.25) is 0 Å². The fourth-order valence-corrected chi connectivity index (χ4v) is 2.05. The van der Waals surface area contributed by atoms with Crippen LogP contribution in [-0.4, -0.2) is 48.2 Å². The number of pyridine rings is 1. The van der Waals surface area contributed by atoms with E-state index in [0.29, 0.717) is 0 Å². The number of aliphatic hydroxyl groups is 1. The van der Waals surface area contributed by atoms with Crippen LogP contribution in [0.15, 0.2) is 18.3 Å². The first kappa shape index (κ1) is 11.4. The molecule has 1 fully saturated rings. The molecular weight excluding hydrogens is 202 g/mol. The lowest BCUT2D eigenvalue weighted by molar-refractivity contribution is 0.277. The molecular formula is C12H19N3O. The van der Waals surface area contributed by atoms with Gasteiger partial charge in [-0.3, -0.25) is 4.98 Å². The molecule has 4 nitrogen and oxygen atoms in total. The number of aromatic nitrogens is 1.